The van der Waals surface area contributed by atoms with Crippen LogP contribution in [0.25, 0.3) is 0 Å². The molecule has 1 aromatic rings. The Labute approximate surface area is 166 Å². The zero-order chi connectivity index (χ0) is 21.1. The lowest BCUT2D eigenvalue weighted by molar-refractivity contribution is -0.173. The van der Waals surface area contributed by atoms with Gasteiger partial charge in [0.15, 0.2) is 0 Å². The Bertz CT molecular complexity index is 746. The number of hydrogen-bond acceptors (Lipinski definition) is 5. The van der Waals surface area contributed by atoms with E-state index in [4.69, 9.17) is 9.47 Å². The molecule has 1 aliphatic rings. The molecule has 0 aliphatic carbocycles. The fourth-order valence-electron chi connectivity index (χ4n) is 3.85. The second-order valence-corrected chi connectivity index (χ2v) is 7.81. The predicted octanol–water partition coefficient (Wildman–Crippen LogP) is 2.28. The number of likely N-dealkylation sites (tertiary alicyclic amines) is 1. The third kappa shape index (κ3) is 3.84. The van der Waals surface area contributed by atoms with E-state index in [1.54, 1.807) is 18.9 Å². The van der Waals surface area contributed by atoms with Crippen LogP contribution in [0.3, 0.4) is 0 Å². The molecule has 0 radical (unpaired) electrons. The Morgan fingerprint density at radius 2 is 1.79 bits per heavy atom. The van der Waals surface area contributed by atoms with Gasteiger partial charge >= 0.3 is 5.97 Å². The van der Waals surface area contributed by atoms with Crippen LogP contribution < -0.4 is 10.1 Å². The first-order valence-electron chi connectivity index (χ1n) is 9.43. The number of nitrogens with one attached hydrogen (secondary N) is 1. The summed E-state index contributed by atoms with van der Waals surface area (Å²) < 4.78 is 10.2. The van der Waals surface area contributed by atoms with Gasteiger partial charge in [0.25, 0.3) is 0 Å². The van der Waals surface area contributed by atoms with E-state index in [0.29, 0.717) is 18.6 Å². The van der Waals surface area contributed by atoms with Crippen LogP contribution in [0.4, 0.5) is 0 Å². The largest absolute Gasteiger partial charge is 0.497 e. The highest BCUT2D eigenvalue weighted by Crippen LogP contribution is 2.40. The van der Waals surface area contributed by atoms with Crippen LogP contribution in [-0.2, 0) is 25.7 Å². The first kappa shape index (κ1) is 21.7. The van der Waals surface area contributed by atoms with Crippen molar-refractivity contribution >= 4 is 17.8 Å². The van der Waals surface area contributed by atoms with Gasteiger partial charge < -0.3 is 19.7 Å². The molecule has 1 heterocycles. The Kier molecular flexibility index (Phi) is 6.37. The number of methoxy groups -OCH3 is 2. The number of amides is 2. The van der Waals surface area contributed by atoms with Crippen LogP contribution in [0.15, 0.2) is 24.3 Å². The zero-order valence-electron chi connectivity index (χ0n) is 17.5. The van der Waals surface area contributed by atoms with Crippen LogP contribution in [0.1, 0.15) is 46.1 Å². The van der Waals surface area contributed by atoms with Gasteiger partial charge in [-0.2, -0.15) is 0 Å². The molecule has 154 valence electrons. The number of carbonyl (C=O) groups excluding carboxylic acids is 3. The highest BCUT2D eigenvalue weighted by atomic mass is 16.5. The van der Waals surface area contributed by atoms with Crippen molar-refractivity contribution in [1.82, 2.24) is 10.2 Å². The Balaban J connectivity index is 2.48. The molecule has 0 bridgehead atoms. The van der Waals surface area contributed by atoms with E-state index in [1.807, 2.05) is 38.1 Å². The maximum Gasteiger partial charge on any atom is 0.331 e. The van der Waals surface area contributed by atoms with Crippen molar-refractivity contribution in [2.24, 2.45) is 5.92 Å². The van der Waals surface area contributed by atoms with Crippen molar-refractivity contribution in [3.8, 4) is 5.75 Å². The molecule has 2 rings (SSSR count). The molecule has 0 aromatic heterocycles. The fraction of sp³-hybridized carbons (Fsp3) is 0.571. The molecule has 2 atom stereocenters. The molecule has 1 saturated heterocycles. The highest BCUT2D eigenvalue weighted by Gasteiger charge is 2.57. The third-order valence-corrected chi connectivity index (χ3v) is 5.74. The summed E-state index contributed by atoms with van der Waals surface area (Å²) in [5, 5.41) is 2.87. The summed E-state index contributed by atoms with van der Waals surface area (Å²) in [4.78, 5) is 39.7. The third-order valence-electron chi connectivity index (χ3n) is 5.74. The van der Waals surface area contributed by atoms with Crippen molar-refractivity contribution in [2.45, 2.75) is 58.2 Å². The average molecular weight is 390 g/mol. The van der Waals surface area contributed by atoms with E-state index >= 15 is 0 Å². The van der Waals surface area contributed by atoms with E-state index in [0.717, 1.165) is 5.56 Å². The molecule has 7 nitrogen and oxygen atoms in total. The van der Waals surface area contributed by atoms with Crippen LogP contribution in [0, 0.1) is 5.92 Å². The number of ether oxygens (including phenoxy) is 2. The summed E-state index contributed by atoms with van der Waals surface area (Å²) in [6, 6.07) is 7.33. The summed E-state index contributed by atoms with van der Waals surface area (Å²) in [6.45, 7) is 7.15. The summed E-state index contributed by atoms with van der Waals surface area (Å²) in [5.41, 5.74) is -1.30. The second-order valence-electron chi connectivity index (χ2n) is 7.81. The quantitative estimate of drug-likeness (QED) is 0.754. The van der Waals surface area contributed by atoms with Crippen molar-refractivity contribution < 1.29 is 23.9 Å². The highest BCUT2D eigenvalue weighted by molar-refractivity contribution is 5.96. The average Bonchev–Trinajstić information content (AvgIpc) is 2.66. The number of rotatable bonds is 6. The number of esters is 1. The lowest BCUT2D eigenvalue weighted by Gasteiger charge is -2.51. The van der Waals surface area contributed by atoms with Crippen molar-refractivity contribution in [3.05, 3.63) is 29.8 Å². The van der Waals surface area contributed by atoms with Gasteiger partial charge in [0, 0.05) is 13.5 Å². The van der Waals surface area contributed by atoms with E-state index < -0.39 is 17.0 Å². The van der Waals surface area contributed by atoms with Crippen LogP contribution in [0.5, 0.6) is 5.75 Å². The van der Waals surface area contributed by atoms with Crippen molar-refractivity contribution in [3.63, 3.8) is 0 Å². The summed E-state index contributed by atoms with van der Waals surface area (Å²) >= 11 is 0. The number of carbonyl (C=O) groups is 3. The molecule has 7 heteroatoms. The molecule has 1 aromatic carbocycles. The predicted molar refractivity (Wildman–Crippen MR) is 105 cm³/mol. The Hall–Kier alpha value is -2.57. The van der Waals surface area contributed by atoms with Gasteiger partial charge in [-0.15, -0.1) is 0 Å². The topological polar surface area (TPSA) is 84.9 Å². The maximum absolute atomic E-state index is 13.7. The van der Waals surface area contributed by atoms with Crippen LogP contribution in [0.2, 0.25) is 0 Å². The number of nitrogens with zero attached hydrogens (tertiary/aromatic N) is 1. The van der Waals surface area contributed by atoms with Gasteiger partial charge in [-0.05, 0) is 43.4 Å². The summed E-state index contributed by atoms with van der Waals surface area (Å²) in [5.74, 6) is -0.431. The molecular formula is C21H30N2O5. The van der Waals surface area contributed by atoms with Gasteiger partial charge in [0.1, 0.15) is 16.8 Å². The molecule has 1 fully saturated rings. The number of hydrogen-bond donors (Lipinski definition) is 1. The monoisotopic (exact) mass is 390 g/mol. The minimum absolute atomic E-state index is 0.135. The minimum Gasteiger partial charge on any atom is -0.497 e. The van der Waals surface area contributed by atoms with Crippen molar-refractivity contribution in [1.29, 1.82) is 0 Å². The smallest absolute Gasteiger partial charge is 0.331 e. The Morgan fingerprint density at radius 3 is 2.25 bits per heavy atom. The van der Waals surface area contributed by atoms with E-state index in [2.05, 4.69) is 5.32 Å². The van der Waals surface area contributed by atoms with Crippen LogP contribution >= 0.6 is 0 Å². The van der Waals surface area contributed by atoms with E-state index in [-0.39, 0.29) is 24.3 Å². The molecular weight excluding hydrogens is 360 g/mol. The number of piperidine rings is 1. The van der Waals surface area contributed by atoms with Gasteiger partial charge in [0.05, 0.1) is 14.2 Å². The zero-order valence-corrected chi connectivity index (χ0v) is 17.5. The molecule has 28 heavy (non-hydrogen) atoms. The summed E-state index contributed by atoms with van der Waals surface area (Å²) in [7, 11) is 2.91. The lowest BCUT2D eigenvalue weighted by atomic mass is 9.72. The van der Waals surface area contributed by atoms with Crippen molar-refractivity contribution in [2.75, 3.05) is 14.2 Å². The summed E-state index contributed by atoms with van der Waals surface area (Å²) in [6.07, 6.45) is 0.758. The van der Waals surface area contributed by atoms with E-state index in [9.17, 15) is 14.4 Å². The SMILES string of the molecule is COC(=O)[C@@]1(C)CC[C@](NC(C)=O)(C(C)C)C(=O)N1Cc1ccc(OC)cc1. The normalized spacial score (nSPS) is 24.8. The lowest BCUT2D eigenvalue weighted by Crippen LogP contribution is -2.71. The molecule has 0 saturated carbocycles. The number of benzene rings is 1. The van der Waals surface area contributed by atoms with Gasteiger partial charge in [0.2, 0.25) is 11.8 Å². The van der Waals surface area contributed by atoms with Gasteiger partial charge in [-0.3, -0.25) is 9.59 Å². The molecule has 0 unspecified atom stereocenters. The minimum atomic E-state index is -1.11. The van der Waals surface area contributed by atoms with Gasteiger partial charge in [-0.25, -0.2) is 4.79 Å². The molecule has 2 amide bonds. The molecule has 1 aliphatic heterocycles. The Morgan fingerprint density at radius 1 is 1.18 bits per heavy atom. The first-order valence-corrected chi connectivity index (χ1v) is 9.43. The van der Waals surface area contributed by atoms with Crippen LogP contribution in [-0.4, -0.2) is 48.0 Å². The maximum atomic E-state index is 13.7. The molecule has 1 N–H and O–H groups in total. The van der Waals surface area contributed by atoms with Gasteiger partial charge in [-0.1, -0.05) is 26.0 Å². The second kappa shape index (κ2) is 8.20. The van der Waals surface area contributed by atoms with E-state index in [1.165, 1.54) is 14.0 Å². The fourth-order valence-corrected chi connectivity index (χ4v) is 3.85. The first-order chi connectivity index (χ1) is 13.1. The molecule has 0 spiro atoms. The standard InChI is InChI=1S/C21H30N2O5/c1-14(2)21(22-15(3)24)12-11-20(4,19(26)28-6)23(18(21)25)13-16-7-9-17(27-5)10-8-16/h7-10,14H,11-13H2,1-6H3,(H,22,24)/t20-,21+/m1/s1.